The summed E-state index contributed by atoms with van der Waals surface area (Å²) in [6.45, 7) is 0. The number of amides is 3. The molecule has 2 aromatic rings. The van der Waals surface area contributed by atoms with Gasteiger partial charge in [-0.2, -0.15) is 0 Å². The van der Waals surface area contributed by atoms with Crippen LogP contribution in [0.1, 0.15) is 5.56 Å². The third kappa shape index (κ3) is 3.68. The van der Waals surface area contributed by atoms with Crippen molar-refractivity contribution >= 4 is 23.0 Å². The SMILES string of the molecule is COC(=O)N[C@@H](Cc1c[nH]c2ccccc12)NC(=O)N=[N+]=[N-]. The van der Waals surface area contributed by atoms with Crippen LogP contribution >= 0.6 is 0 Å². The average molecular weight is 302 g/mol. The number of rotatable bonds is 4. The third-order valence-electron chi connectivity index (χ3n) is 3.01. The Bertz CT molecular complexity index is 734. The smallest absolute Gasteiger partial charge is 0.408 e. The van der Waals surface area contributed by atoms with Gasteiger partial charge in [0.25, 0.3) is 0 Å². The maximum absolute atomic E-state index is 11.4. The third-order valence-corrected chi connectivity index (χ3v) is 3.01. The van der Waals surface area contributed by atoms with E-state index in [1.165, 1.54) is 7.11 Å². The Kier molecular flexibility index (Phi) is 4.84. The number of fused-ring (bicyclic) bond motifs is 1. The Morgan fingerprint density at radius 2 is 2.18 bits per heavy atom. The number of carbonyl (C=O) groups is 2. The number of alkyl carbamates (subject to hydrolysis) is 1. The number of methoxy groups -OCH3 is 1. The molecule has 0 aliphatic rings. The molecule has 1 aromatic heterocycles. The van der Waals surface area contributed by atoms with E-state index in [1.54, 1.807) is 6.20 Å². The maximum Gasteiger partial charge on any atom is 0.408 e. The minimum atomic E-state index is -0.885. The molecule has 2 rings (SSSR count). The Labute approximate surface area is 125 Å². The van der Waals surface area contributed by atoms with Crippen LogP contribution in [0.25, 0.3) is 21.3 Å². The van der Waals surface area contributed by atoms with Crippen molar-refractivity contribution in [2.75, 3.05) is 7.11 Å². The first-order valence-electron chi connectivity index (χ1n) is 6.39. The van der Waals surface area contributed by atoms with E-state index >= 15 is 0 Å². The molecule has 9 heteroatoms. The fourth-order valence-corrected chi connectivity index (χ4v) is 2.08. The minimum absolute atomic E-state index is 0.297. The van der Waals surface area contributed by atoms with Gasteiger partial charge in [0.05, 0.1) is 7.11 Å². The topological polar surface area (TPSA) is 132 Å². The molecule has 1 atom stereocenters. The number of aromatic nitrogens is 1. The monoisotopic (exact) mass is 302 g/mol. The van der Waals surface area contributed by atoms with Gasteiger partial charge in [0, 0.05) is 33.5 Å². The van der Waals surface area contributed by atoms with Gasteiger partial charge in [0.1, 0.15) is 6.17 Å². The number of carbonyl (C=O) groups excluding carboxylic acids is 2. The molecule has 0 radical (unpaired) electrons. The lowest BCUT2D eigenvalue weighted by Crippen LogP contribution is -2.48. The molecule has 3 amide bonds. The first-order valence-corrected chi connectivity index (χ1v) is 6.39. The number of H-pyrrole nitrogens is 1. The van der Waals surface area contributed by atoms with Crippen molar-refractivity contribution in [3.05, 3.63) is 46.5 Å². The molecule has 1 aromatic carbocycles. The van der Waals surface area contributed by atoms with Crippen molar-refractivity contribution in [1.29, 1.82) is 0 Å². The van der Waals surface area contributed by atoms with Crippen molar-refractivity contribution < 1.29 is 14.3 Å². The predicted octanol–water partition coefficient (Wildman–Crippen LogP) is 2.41. The maximum atomic E-state index is 11.4. The molecule has 22 heavy (non-hydrogen) atoms. The van der Waals surface area contributed by atoms with Crippen LogP contribution in [0.5, 0.6) is 0 Å². The van der Waals surface area contributed by atoms with Gasteiger partial charge >= 0.3 is 12.1 Å². The number of nitrogens with zero attached hydrogens (tertiary/aromatic N) is 3. The zero-order valence-corrected chi connectivity index (χ0v) is 11.7. The number of aromatic amines is 1. The van der Waals surface area contributed by atoms with Crippen LogP contribution in [-0.2, 0) is 11.2 Å². The van der Waals surface area contributed by atoms with E-state index in [1.807, 2.05) is 24.3 Å². The van der Waals surface area contributed by atoms with Crippen molar-refractivity contribution in [2.24, 2.45) is 5.11 Å². The molecular formula is C13H14N6O3. The second kappa shape index (κ2) is 7.00. The van der Waals surface area contributed by atoms with Crippen molar-refractivity contribution in [3.63, 3.8) is 0 Å². The van der Waals surface area contributed by atoms with Crippen LogP contribution in [0.15, 0.2) is 35.6 Å². The standard InChI is InChI=1S/C13H14N6O3/c1-22-13(21)17-11(16-12(20)18-19-14)6-8-7-15-10-5-3-2-4-9(8)10/h2-5,7,11,15H,6H2,1H3,(H,16,20)(H,17,21)/t11-/m0/s1. The number of nitrogens with one attached hydrogen (secondary N) is 3. The molecule has 0 saturated carbocycles. The lowest BCUT2D eigenvalue weighted by atomic mass is 10.1. The van der Waals surface area contributed by atoms with E-state index in [-0.39, 0.29) is 0 Å². The first-order chi connectivity index (χ1) is 10.6. The van der Waals surface area contributed by atoms with Gasteiger partial charge in [-0.1, -0.05) is 18.2 Å². The molecule has 1 heterocycles. The number of urea groups is 1. The molecule has 9 nitrogen and oxygen atoms in total. The Hall–Kier alpha value is -3.19. The van der Waals surface area contributed by atoms with E-state index in [0.717, 1.165) is 16.5 Å². The van der Waals surface area contributed by atoms with Crippen LogP contribution in [0, 0.1) is 0 Å². The summed E-state index contributed by atoms with van der Waals surface area (Å²) in [5.41, 5.74) is 10.1. The minimum Gasteiger partial charge on any atom is -0.453 e. The predicted molar refractivity (Wildman–Crippen MR) is 79.0 cm³/mol. The lowest BCUT2D eigenvalue weighted by Gasteiger charge is -2.18. The summed E-state index contributed by atoms with van der Waals surface area (Å²) in [4.78, 5) is 28.2. The van der Waals surface area contributed by atoms with E-state index < -0.39 is 18.3 Å². The molecule has 0 unspecified atom stereocenters. The summed E-state index contributed by atoms with van der Waals surface area (Å²) < 4.78 is 4.52. The molecule has 0 saturated heterocycles. The highest BCUT2D eigenvalue weighted by Gasteiger charge is 2.17. The number of hydrogen-bond acceptors (Lipinski definition) is 3. The van der Waals surface area contributed by atoms with E-state index in [2.05, 4.69) is 30.4 Å². The van der Waals surface area contributed by atoms with Gasteiger partial charge in [-0.15, -0.1) is 0 Å². The molecular weight excluding hydrogens is 288 g/mol. The summed E-state index contributed by atoms with van der Waals surface area (Å²) in [7, 11) is 1.22. The zero-order valence-electron chi connectivity index (χ0n) is 11.7. The molecule has 114 valence electrons. The van der Waals surface area contributed by atoms with Gasteiger partial charge in [-0.3, -0.25) is 4.79 Å². The lowest BCUT2D eigenvalue weighted by molar-refractivity contribution is 0.164. The van der Waals surface area contributed by atoms with E-state index in [9.17, 15) is 9.59 Å². The Balaban J connectivity index is 2.19. The van der Waals surface area contributed by atoms with Gasteiger partial charge in [0.2, 0.25) is 0 Å². The van der Waals surface area contributed by atoms with Crippen LogP contribution < -0.4 is 10.6 Å². The van der Waals surface area contributed by atoms with Crippen LogP contribution in [0.4, 0.5) is 9.59 Å². The van der Waals surface area contributed by atoms with Crippen molar-refractivity contribution in [2.45, 2.75) is 12.6 Å². The average Bonchev–Trinajstić information content (AvgIpc) is 2.90. The van der Waals surface area contributed by atoms with Gasteiger partial charge < -0.3 is 20.4 Å². The molecule has 0 aliphatic heterocycles. The van der Waals surface area contributed by atoms with Crippen molar-refractivity contribution in [1.82, 2.24) is 15.6 Å². The number of azide groups is 1. The largest absolute Gasteiger partial charge is 0.453 e. The highest BCUT2D eigenvalue weighted by molar-refractivity contribution is 5.83. The van der Waals surface area contributed by atoms with Crippen LogP contribution in [-0.4, -0.2) is 30.4 Å². The molecule has 0 fully saturated rings. The quantitative estimate of drug-likeness (QED) is 0.346. The van der Waals surface area contributed by atoms with Gasteiger partial charge in [-0.05, 0) is 17.2 Å². The first kappa shape index (κ1) is 15.2. The fraction of sp³-hybridized carbons (Fsp3) is 0.231. The normalized spacial score (nSPS) is 11.3. The van der Waals surface area contributed by atoms with Gasteiger partial charge in [-0.25, -0.2) is 4.79 Å². The molecule has 0 aliphatic carbocycles. The Morgan fingerprint density at radius 1 is 1.41 bits per heavy atom. The summed E-state index contributed by atoms with van der Waals surface area (Å²) in [5.74, 6) is 0. The number of para-hydroxylation sites is 1. The number of benzene rings is 1. The molecule has 0 bridgehead atoms. The second-order valence-corrected chi connectivity index (χ2v) is 4.39. The second-order valence-electron chi connectivity index (χ2n) is 4.39. The Morgan fingerprint density at radius 3 is 2.91 bits per heavy atom. The summed E-state index contributed by atoms with van der Waals surface area (Å²) >= 11 is 0. The zero-order chi connectivity index (χ0) is 15.9. The fourth-order valence-electron chi connectivity index (χ4n) is 2.08. The molecule has 3 N–H and O–H groups in total. The molecule has 0 spiro atoms. The summed E-state index contributed by atoms with van der Waals surface area (Å²) in [6, 6.07) is 6.74. The summed E-state index contributed by atoms with van der Waals surface area (Å²) in [5, 5.41) is 8.76. The van der Waals surface area contributed by atoms with Crippen LogP contribution in [0.2, 0.25) is 0 Å². The van der Waals surface area contributed by atoms with Crippen molar-refractivity contribution in [3.8, 4) is 0 Å². The van der Waals surface area contributed by atoms with E-state index in [0.29, 0.717) is 6.42 Å². The van der Waals surface area contributed by atoms with Gasteiger partial charge in [0.15, 0.2) is 0 Å². The highest BCUT2D eigenvalue weighted by atomic mass is 16.5. The highest BCUT2D eigenvalue weighted by Crippen LogP contribution is 2.18. The number of ether oxygens (including phenoxy) is 1. The summed E-state index contributed by atoms with van der Waals surface area (Å²) in [6.07, 6.45) is 0.609. The van der Waals surface area contributed by atoms with E-state index in [4.69, 9.17) is 5.53 Å². The number of hydrogen-bond donors (Lipinski definition) is 3. The van der Waals surface area contributed by atoms with Crippen LogP contribution in [0.3, 0.4) is 0 Å².